The maximum absolute atomic E-state index is 13.9. The summed E-state index contributed by atoms with van der Waals surface area (Å²) in [6, 6.07) is 17.0. The lowest BCUT2D eigenvalue weighted by molar-refractivity contribution is -0.117. The Balaban J connectivity index is 1.68. The third-order valence-electron chi connectivity index (χ3n) is 3.98. The molecule has 0 aliphatic heterocycles. The van der Waals surface area contributed by atoms with Crippen LogP contribution in [-0.4, -0.2) is 5.91 Å². The fraction of sp³-hybridized carbons (Fsp3) is 0.0909. The molecular formula is C22H16ClFN2O2S. The summed E-state index contributed by atoms with van der Waals surface area (Å²) in [6.45, 7) is 0.327. The van der Waals surface area contributed by atoms with E-state index >= 15 is 0 Å². The van der Waals surface area contributed by atoms with E-state index in [1.807, 2.05) is 23.6 Å². The molecule has 3 rings (SSSR count). The van der Waals surface area contributed by atoms with Gasteiger partial charge < -0.3 is 10.1 Å². The molecule has 1 aromatic heterocycles. The highest BCUT2D eigenvalue weighted by atomic mass is 35.5. The second-order valence-electron chi connectivity index (χ2n) is 5.99. The molecule has 1 amide bonds. The number of benzene rings is 2. The highest BCUT2D eigenvalue weighted by Crippen LogP contribution is 2.22. The summed E-state index contributed by atoms with van der Waals surface area (Å²) in [4.78, 5) is 13.3. The van der Waals surface area contributed by atoms with Gasteiger partial charge in [0, 0.05) is 10.4 Å². The smallest absolute Gasteiger partial charge is 0.262 e. The molecule has 4 nitrogen and oxygen atoms in total. The first-order valence-corrected chi connectivity index (χ1v) is 9.90. The molecule has 146 valence electrons. The van der Waals surface area contributed by atoms with Crippen molar-refractivity contribution in [3.63, 3.8) is 0 Å². The lowest BCUT2D eigenvalue weighted by Crippen LogP contribution is -2.23. The summed E-state index contributed by atoms with van der Waals surface area (Å²) in [5.41, 5.74) is 0.863. The number of hydrogen-bond donors (Lipinski definition) is 1. The number of thiophene rings is 1. The lowest BCUT2D eigenvalue weighted by atomic mass is 10.1. The number of hydrogen-bond acceptors (Lipinski definition) is 4. The van der Waals surface area contributed by atoms with E-state index in [1.54, 1.807) is 30.3 Å². The number of amides is 1. The van der Waals surface area contributed by atoms with Crippen LogP contribution in [-0.2, 0) is 17.9 Å². The van der Waals surface area contributed by atoms with Crippen molar-refractivity contribution in [2.24, 2.45) is 0 Å². The van der Waals surface area contributed by atoms with Crippen LogP contribution in [0.15, 0.2) is 65.6 Å². The zero-order valence-electron chi connectivity index (χ0n) is 15.2. The molecule has 0 bridgehead atoms. The number of rotatable bonds is 7. The van der Waals surface area contributed by atoms with E-state index in [4.69, 9.17) is 16.3 Å². The standard InChI is InChI=1S/C22H16ClFN2O2S/c23-20-7-2-8-21(24)19(20)14-28-17-5-1-4-15(11-17)10-16(12-25)22(27)26-13-18-6-3-9-29-18/h1-11H,13-14H2,(H,26,27)/b16-10+. The van der Waals surface area contributed by atoms with Crippen molar-refractivity contribution in [3.8, 4) is 11.8 Å². The van der Waals surface area contributed by atoms with E-state index in [9.17, 15) is 14.4 Å². The van der Waals surface area contributed by atoms with Gasteiger partial charge in [0.05, 0.1) is 11.6 Å². The minimum absolute atomic E-state index is 0.0177. The topological polar surface area (TPSA) is 62.1 Å². The van der Waals surface area contributed by atoms with Crippen LogP contribution in [0.1, 0.15) is 16.0 Å². The van der Waals surface area contributed by atoms with Gasteiger partial charge >= 0.3 is 0 Å². The van der Waals surface area contributed by atoms with Crippen LogP contribution < -0.4 is 10.1 Å². The van der Waals surface area contributed by atoms with E-state index in [0.717, 1.165) is 4.88 Å². The van der Waals surface area contributed by atoms with Gasteiger partial charge in [0.15, 0.2) is 0 Å². The van der Waals surface area contributed by atoms with Gasteiger partial charge in [-0.15, -0.1) is 11.3 Å². The van der Waals surface area contributed by atoms with E-state index in [-0.39, 0.29) is 22.8 Å². The maximum Gasteiger partial charge on any atom is 0.262 e. The predicted molar refractivity (Wildman–Crippen MR) is 112 cm³/mol. The lowest BCUT2D eigenvalue weighted by Gasteiger charge is -2.09. The summed E-state index contributed by atoms with van der Waals surface area (Å²) in [6.07, 6.45) is 1.48. The molecule has 7 heteroatoms. The Bertz CT molecular complexity index is 1050. The number of carbonyl (C=O) groups excluding carboxylic acids is 1. The largest absolute Gasteiger partial charge is 0.489 e. The summed E-state index contributed by atoms with van der Waals surface area (Å²) in [5, 5.41) is 14.3. The van der Waals surface area contributed by atoms with Crippen LogP contribution >= 0.6 is 22.9 Å². The Morgan fingerprint density at radius 3 is 2.79 bits per heavy atom. The molecule has 0 unspecified atom stereocenters. The molecular weight excluding hydrogens is 411 g/mol. The molecule has 0 fully saturated rings. The molecule has 0 spiro atoms. The number of nitrogens with zero attached hydrogens (tertiary/aromatic N) is 1. The fourth-order valence-electron chi connectivity index (χ4n) is 2.51. The van der Waals surface area contributed by atoms with Crippen molar-refractivity contribution in [2.75, 3.05) is 0 Å². The quantitative estimate of drug-likeness (QED) is 0.409. The first-order chi connectivity index (χ1) is 14.1. The molecule has 0 aliphatic carbocycles. The molecule has 0 atom stereocenters. The molecule has 1 heterocycles. The normalized spacial score (nSPS) is 11.0. The van der Waals surface area contributed by atoms with Crippen molar-refractivity contribution in [1.82, 2.24) is 5.32 Å². The molecule has 0 saturated carbocycles. The molecule has 29 heavy (non-hydrogen) atoms. The second-order valence-corrected chi connectivity index (χ2v) is 7.43. The van der Waals surface area contributed by atoms with Crippen LogP contribution in [0, 0.1) is 17.1 Å². The number of halogens is 2. The minimum atomic E-state index is -0.453. The number of carbonyl (C=O) groups is 1. The van der Waals surface area contributed by atoms with Crippen LogP contribution in [0.3, 0.4) is 0 Å². The molecule has 0 radical (unpaired) electrons. The molecule has 1 N–H and O–H groups in total. The Morgan fingerprint density at radius 2 is 2.07 bits per heavy atom. The maximum atomic E-state index is 13.9. The molecule has 0 aliphatic rings. The van der Waals surface area contributed by atoms with Crippen molar-refractivity contribution in [1.29, 1.82) is 5.26 Å². The van der Waals surface area contributed by atoms with Crippen LogP contribution in [0.25, 0.3) is 6.08 Å². The van der Waals surface area contributed by atoms with Crippen LogP contribution in [0.4, 0.5) is 4.39 Å². The number of nitrogens with one attached hydrogen (secondary N) is 1. The zero-order valence-corrected chi connectivity index (χ0v) is 16.8. The number of ether oxygens (including phenoxy) is 1. The van der Waals surface area contributed by atoms with E-state index in [0.29, 0.717) is 17.9 Å². The van der Waals surface area contributed by atoms with E-state index in [1.165, 1.54) is 29.5 Å². The van der Waals surface area contributed by atoms with Gasteiger partial charge in [0.2, 0.25) is 0 Å². The van der Waals surface area contributed by atoms with Gasteiger partial charge in [-0.25, -0.2) is 4.39 Å². The summed E-state index contributed by atoms with van der Waals surface area (Å²) < 4.78 is 19.5. The third kappa shape index (κ3) is 5.67. The monoisotopic (exact) mass is 426 g/mol. The molecule has 2 aromatic carbocycles. The molecule has 3 aromatic rings. The summed E-state index contributed by atoms with van der Waals surface area (Å²) >= 11 is 7.53. The van der Waals surface area contributed by atoms with Gasteiger partial charge in [-0.05, 0) is 47.4 Å². The third-order valence-corrected chi connectivity index (χ3v) is 5.21. The molecule has 0 saturated heterocycles. The van der Waals surface area contributed by atoms with Crippen LogP contribution in [0.2, 0.25) is 5.02 Å². The van der Waals surface area contributed by atoms with Crippen molar-refractivity contribution >= 4 is 34.9 Å². The minimum Gasteiger partial charge on any atom is -0.489 e. The Kier molecular flexibility index (Phi) is 7.01. The SMILES string of the molecule is N#C/C(=C\c1cccc(OCc2c(F)cccc2Cl)c1)C(=O)NCc1cccs1. The average molecular weight is 427 g/mol. The van der Waals surface area contributed by atoms with Crippen molar-refractivity contribution < 1.29 is 13.9 Å². The Hall–Kier alpha value is -3.14. The van der Waals surface area contributed by atoms with Crippen molar-refractivity contribution in [2.45, 2.75) is 13.2 Å². The van der Waals surface area contributed by atoms with Gasteiger partial charge in [0.25, 0.3) is 5.91 Å². The average Bonchev–Trinajstić information content (AvgIpc) is 3.24. The second kappa shape index (κ2) is 9.87. The summed E-state index contributed by atoms with van der Waals surface area (Å²) in [7, 11) is 0. The Labute approximate surface area is 176 Å². The van der Waals surface area contributed by atoms with Gasteiger partial charge in [-0.1, -0.05) is 35.9 Å². The van der Waals surface area contributed by atoms with Crippen LogP contribution in [0.5, 0.6) is 5.75 Å². The van der Waals surface area contributed by atoms with Gasteiger partial charge in [-0.2, -0.15) is 5.26 Å². The van der Waals surface area contributed by atoms with Gasteiger partial charge in [0.1, 0.15) is 29.8 Å². The summed E-state index contributed by atoms with van der Waals surface area (Å²) in [5.74, 6) is -0.428. The first kappa shape index (κ1) is 20.6. The van der Waals surface area contributed by atoms with Gasteiger partial charge in [-0.3, -0.25) is 4.79 Å². The van der Waals surface area contributed by atoms with Crippen molar-refractivity contribution in [3.05, 3.63) is 92.4 Å². The van der Waals surface area contributed by atoms with E-state index < -0.39 is 11.7 Å². The van der Waals surface area contributed by atoms with E-state index in [2.05, 4.69) is 5.32 Å². The first-order valence-electron chi connectivity index (χ1n) is 8.65. The number of nitriles is 1. The Morgan fingerprint density at radius 1 is 1.24 bits per heavy atom. The fourth-order valence-corrected chi connectivity index (χ4v) is 3.37. The zero-order chi connectivity index (χ0) is 20.6. The highest BCUT2D eigenvalue weighted by Gasteiger charge is 2.10. The highest BCUT2D eigenvalue weighted by molar-refractivity contribution is 7.09. The predicted octanol–water partition coefficient (Wildman–Crippen LogP) is 5.34.